The first kappa shape index (κ1) is 17.5. The molecule has 0 radical (unpaired) electrons. The number of hydrogen-bond donors (Lipinski definition) is 1. The molecule has 2 aromatic rings. The fourth-order valence-corrected chi connectivity index (χ4v) is 3.51. The van der Waals surface area contributed by atoms with E-state index in [9.17, 15) is 14.0 Å². The van der Waals surface area contributed by atoms with Crippen LogP contribution in [-0.4, -0.2) is 41.5 Å². The van der Waals surface area contributed by atoms with E-state index in [1.54, 1.807) is 19.2 Å². The number of rotatable bonds is 3. The molecule has 1 saturated heterocycles. The Morgan fingerprint density at radius 2 is 2.04 bits per heavy atom. The van der Waals surface area contributed by atoms with Crippen LogP contribution in [0.15, 0.2) is 24.3 Å². The van der Waals surface area contributed by atoms with Gasteiger partial charge in [0, 0.05) is 11.9 Å². The van der Waals surface area contributed by atoms with Crippen molar-refractivity contribution >= 4 is 28.3 Å². The maximum absolute atomic E-state index is 13.2. The summed E-state index contributed by atoms with van der Waals surface area (Å²) in [5.41, 5.74) is 1.48. The predicted molar refractivity (Wildman–Crippen MR) is 91.9 cm³/mol. The Morgan fingerprint density at radius 3 is 2.64 bits per heavy atom. The Morgan fingerprint density at radius 1 is 1.36 bits per heavy atom. The number of aryl methyl sites for hydroxylation is 2. The number of benzene rings is 1. The second kappa shape index (κ2) is 6.89. The van der Waals surface area contributed by atoms with E-state index in [0.29, 0.717) is 10.7 Å². The Bertz CT molecular complexity index is 786. The zero-order valence-electron chi connectivity index (χ0n) is 14.1. The Kier molecular flexibility index (Phi) is 4.82. The summed E-state index contributed by atoms with van der Waals surface area (Å²) in [5, 5.41) is 3.24. The minimum Gasteiger partial charge on any atom is -0.356 e. The number of carbonyl (C=O) groups excluding carboxylic acids is 2. The number of nitrogens with one attached hydrogen (secondary N) is 1. The third-order valence-electron chi connectivity index (χ3n) is 4.21. The van der Waals surface area contributed by atoms with Crippen LogP contribution < -0.4 is 5.32 Å². The number of anilines is 1. The highest BCUT2D eigenvalue weighted by Crippen LogP contribution is 2.30. The SMILES string of the molecule is Cc1nc(NC(=O)[C@H]2OCC(=O)N(C)[C@H]2c2ccc(F)cc2)sc1C. The van der Waals surface area contributed by atoms with Crippen LogP contribution >= 0.6 is 11.3 Å². The number of ether oxygens (including phenoxy) is 1. The van der Waals surface area contributed by atoms with Gasteiger partial charge in [0.2, 0.25) is 5.91 Å². The molecule has 0 bridgehead atoms. The van der Waals surface area contributed by atoms with Gasteiger partial charge in [-0.2, -0.15) is 0 Å². The molecule has 1 aliphatic rings. The van der Waals surface area contributed by atoms with Gasteiger partial charge >= 0.3 is 0 Å². The second-order valence-electron chi connectivity index (χ2n) is 5.88. The molecule has 0 spiro atoms. The van der Waals surface area contributed by atoms with Gasteiger partial charge in [-0.25, -0.2) is 9.37 Å². The lowest BCUT2D eigenvalue weighted by Gasteiger charge is -2.38. The van der Waals surface area contributed by atoms with Crippen LogP contribution in [0.3, 0.4) is 0 Å². The molecule has 0 aliphatic carbocycles. The Hall–Kier alpha value is -2.32. The molecular weight excluding hydrogens is 345 g/mol. The fourth-order valence-electron chi connectivity index (χ4n) is 2.69. The summed E-state index contributed by atoms with van der Waals surface area (Å²) in [4.78, 5) is 31.5. The molecule has 6 nitrogen and oxygen atoms in total. The number of amides is 2. The van der Waals surface area contributed by atoms with Gasteiger partial charge in [0.25, 0.3) is 5.91 Å². The summed E-state index contributed by atoms with van der Waals surface area (Å²) < 4.78 is 18.7. The maximum Gasteiger partial charge on any atom is 0.257 e. The van der Waals surface area contributed by atoms with Crippen molar-refractivity contribution in [2.75, 3.05) is 19.0 Å². The molecule has 0 unspecified atom stereocenters. The van der Waals surface area contributed by atoms with Gasteiger partial charge < -0.3 is 9.64 Å². The van der Waals surface area contributed by atoms with E-state index in [4.69, 9.17) is 4.74 Å². The zero-order chi connectivity index (χ0) is 18.1. The molecule has 2 amide bonds. The first-order valence-corrected chi connectivity index (χ1v) is 8.56. The third-order valence-corrected chi connectivity index (χ3v) is 5.20. The monoisotopic (exact) mass is 363 g/mol. The van der Waals surface area contributed by atoms with Gasteiger partial charge in [0.15, 0.2) is 11.2 Å². The summed E-state index contributed by atoms with van der Waals surface area (Å²) in [7, 11) is 1.61. The van der Waals surface area contributed by atoms with E-state index in [1.807, 2.05) is 13.8 Å². The molecule has 8 heteroatoms. The smallest absolute Gasteiger partial charge is 0.257 e. The van der Waals surface area contributed by atoms with Gasteiger partial charge in [-0.15, -0.1) is 11.3 Å². The van der Waals surface area contributed by atoms with Crippen molar-refractivity contribution in [3.05, 3.63) is 46.2 Å². The molecular formula is C17H18FN3O3S. The van der Waals surface area contributed by atoms with E-state index >= 15 is 0 Å². The molecule has 25 heavy (non-hydrogen) atoms. The standard InChI is InChI=1S/C17H18FN3O3S/c1-9-10(2)25-17(19-9)20-16(23)15-14(21(3)13(22)8-24-15)11-4-6-12(18)7-5-11/h4-7,14-15H,8H2,1-3H3,(H,19,20,23)/t14-,15-/m0/s1. The number of likely N-dealkylation sites (N-methyl/N-ethyl adjacent to an activating group) is 1. The second-order valence-corrected chi connectivity index (χ2v) is 7.09. The number of halogens is 1. The minimum atomic E-state index is -0.905. The van der Waals surface area contributed by atoms with Gasteiger partial charge in [0.05, 0.1) is 11.7 Å². The van der Waals surface area contributed by atoms with Crippen LogP contribution in [0.1, 0.15) is 22.2 Å². The molecule has 132 valence electrons. The molecule has 0 saturated carbocycles. The number of morpholine rings is 1. The predicted octanol–water partition coefficient (Wildman–Crippen LogP) is 2.44. The molecule has 1 fully saturated rings. The third kappa shape index (κ3) is 3.54. The summed E-state index contributed by atoms with van der Waals surface area (Å²) in [6.07, 6.45) is -0.905. The minimum absolute atomic E-state index is 0.178. The van der Waals surface area contributed by atoms with Gasteiger partial charge in [-0.1, -0.05) is 12.1 Å². The molecule has 1 aliphatic heterocycles. The summed E-state index contributed by atoms with van der Waals surface area (Å²) in [5.74, 6) is -1.01. The number of nitrogens with zero attached hydrogens (tertiary/aromatic N) is 2. The molecule has 3 rings (SSSR count). The highest BCUT2D eigenvalue weighted by Gasteiger charge is 2.40. The molecule has 2 heterocycles. The van der Waals surface area contributed by atoms with Crippen LogP contribution in [-0.2, 0) is 14.3 Å². The van der Waals surface area contributed by atoms with E-state index in [2.05, 4.69) is 10.3 Å². The van der Waals surface area contributed by atoms with Crippen molar-refractivity contribution in [2.24, 2.45) is 0 Å². The number of thiazole rings is 1. The lowest BCUT2D eigenvalue weighted by Crippen LogP contribution is -2.51. The van der Waals surface area contributed by atoms with Crippen LogP contribution in [0.2, 0.25) is 0 Å². The Balaban J connectivity index is 1.87. The van der Waals surface area contributed by atoms with Crippen molar-refractivity contribution < 1.29 is 18.7 Å². The van der Waals surface area contributed by atoms with Gasteiger partial charge in [0.1, 0.15) is 12.4 Å². The van der Waals surface area contributed by atoms with E-state index < -0.39 is 12.1 Å². The van der Waals surface area contributed by atoms with Crippen LogP contribution in [0.25, 0.3) is 0 Å². The normalized spacial score (nSPS) is 20.6. The summed E-state index contributed by atoms with van der Waals surface area (Å²) in [6.45, 7) is 3.61. The van der Waals surface area contributed by atoms with E-state index in [-0.39, 0.29) is 24.2 Å². The van der Waals surface area contributed by atoms with Crippen molar-refractivity contribution in [3.63, 3.8) is 0 Å². The van der Waals surface area contributed by atoms with Crippen LogP contribution in [0, 0.1) is 19.7 Å². The van der Waals surface area contributed by atoms with Gasteiger partial charge in [-0.3, -0.25) is 14.9 Å². The van der Waals surface area contributed by atoms with Crippen molar-refractivity contribution in [3.8, 4) is 0 Å². The Labute approximate surface area is 148 Å². The van der Waals surface area contributed by atoms with Crippen molar-refractivity contribution in [2.45, 2.75) is 26.0 Å². The highest BCUT2D eigenvalue weighted by atomic mass is 32.1. The van der Waals surface area contributed by atoms with E-state index in [1.165, 1.54) is 28.4 Å². The quantitative estimate of drug-likeness (QED) is 0.909. The summed E-state index contributed by atoms with van der Waals surface area (Å²) >= 11 is 1.38. The molecule has 1 aromatic heterocycles. The highest BCUT2D eigenvalue weighted by molar-refractivity contribution is 7.15. The number of carbonyl (C=O) groups is 2. The van der Waals surface area contributed by atoms with Crippen LogP contribution in [0.5, 0.6) is 0 Å². The molecule has 1 N–H and O–H groups in total. The molecule has 1 aromatic carbocycles. The molecule has 2 atom stereocenters. The first-order chi connectivity index (χ1) is 11.9. The fraction of sp³-hybridized carbons (Fsp3) is 0.353. The average Bonchev–Trinajstić information content (AvgIpc) is 2.88. The largest absolute Gasteiger partial charge is 0.356 e. The zero-order valence-corrected chi connectivity index (χ0v) is 14.9. The average molecular weight is 363 g/mol. The summed E-state index contributed by atoms with van der Waals surface area (Å²) in [6, 6.07) is 5.06. The maximum atomic E-state index is 13.2. The lowest BCUT2D eigenvalue weighted by atomic mass is 9.97. The lowest BCUT2D eigenvalue weighted by molar-refractivity contribution is -0.160. The topological polar surface area (TPSA) is 71.5 Å². The van der Waals surface area contributed by atoms with Gasteiger partial charge in [-0.05, 0) is 31.5 Å². The number of hydrogen-bond acceptors (Lipinski definition) is 5. The number of aromatic nitrogens is 1. The first-order valence-electron chi connectivity index (χ1n) is 7.74. The van der Waals surface area contributed by atoms with E-state index in [0.717, 1.165) is 10.6 Å². The van der Waals surface area contributed by atoms with Crippen molar-refractivity contribution in [1.29, 1.82) is 0 Å². The van der Waals surface area contributed by atoms with Crippen molar-refractivity contribution in [1.82, 2.24) is 9.88 Å². The van der Waals surface area contributed by atoms with Crippen LogP contribution in [0.4, 0.5) is 9.52 Å².